The van der Waals surface area contributed by atoms with Crippen LogP contribution in [0.1, 0.15) is 27.3 Å². The van der Waals surface area contributed by atoms with Gasteiger partial charge < -0.3 is 4.57 Å². The average Bonchev–Trinajstić information content (AvgIpc) is 3.44. The van der Waals surface area contributed by atoms with Gasteiger partial charge in [0.2, 0.25) is 0 Å². The van der Waals surface area contributed by atoms with Crippen molar-refractivity contribution in [1.82, 2.24) is 19.3 Å². The Morgan fingerprint density at radius 3 is 2.17 bits per heavy atom. The maximum absolute atomic E-state index is 13.6. The van der Waals surface area contributed by atoms with Crippen molar-refractivity contribution in [3.8, 4) is 22.8 Å². The fourth-order valence-corrected chi connectivity index (χ4v) is 5.14. The van der Waals surface area contributed by atoms with E-state index in [4.69, 9.17) is 0 Å². The highest BCUT2D eigenvalue weighted by Crippen LogP contribution is 2.29. The van der Waals surface area contributed by atoms with Gasteiger partial charge in [0.25, 0.3) is 0 Å². The number of aromatic nitrogens is 4. The van der Waals surface area contributed by atoms with Gasteiger partial charge in [-0.2, -0.15) is 0 Å². The van der Waals surface area contributed by atoms with Crippen molar-refractivity contribution in [2.75, 3.05) is 5.75 Å². The van der Waals surface area contributed by atoms with Crippen molar-refractivity contribution >= 4 is 17.5 Å². The maximum Gasteiger partial charge on any atom is 0.196 e. The molecule has 0 aliphatic carbocycles. The zero-order valence-corrected chi connectivity index (χ0v) is 21.1. The first kappa shape index (κ1) is 23.8. The molecule has 2 heterocycles. The monoisotopic (exact) mass is 496 g/mol. The van der Waals surface area contributed by atoms with Crippen molar-refractivity contribution in [1.29, 1.82) is 0 Å². The van der Waals surface area contributed by atoms with Crippen molar-refractivity contribution in [3.05, 3.63) is 113 Å². The van der Waals surface area contributed by atoms with E-state index in [0.29, 0.717) is 16.5 Å². The highest BCUT2D eigenvalue weighted by Gasteiger charge is 2.20. The number of halogens is 1. The van der Waals surface area contributed by atoms with Crippen molar-refractivity contribution in [2.24, 2.45) is 0 Å². The van der Waals surface area contributed by atoms with Gasteiger partial charge in [0, 0.05) is 33.9 Å². The first-order valence-electron chi connectivity index (χ1n) is 11.6. The Hall–Kier alpha value is -3.97. The lowest BCUT2D eigenvalue weighted by Gasteiger charge is -2.11. The van der Waals surface area contributed by atoms with Crippen LogP contribution in [0.2, 0.25) is 0 Å². The predicted octanol–water partition coefficient (Wildman–Crippen LogP) is 6.76. The fourth-order valence-electron chi connectivity index (χ4n) is 4.30. The van der Waals surface area contributed by atoms with E-state index in [1.54, 1.807) is 12.1 Å². The molecule has 0 spiro atoms. The van der Waals surface area contributed by atoms with Crippen LogP contribution in [-0.4, -0.2) is 30.9 Å². The molecule has 5 nitrogen and oxygen atoms in total. The van der Waals surface area contributed by atoms with Crippen molar-refractivity contribution < 1.29 is 9.18 Å². The Kier molecular flexibility index (Phi) is 6.57. The molecular formula is C29H25FN4OS. The van der Waals surface area contributed by atoms with Crippen molar-refractivity contribution in [2.45, 2.75) is 25.9 Å². The summed E-state index contributed by atoms with van der Waals surface area (Å²) in [6, 6.07) is 26.1. The van der Waals surface area contributed by atoms with E-state index in [-0.39, 0.29) is 17.4 Å². The quantitative estimate of drug-likeness (QED) is 0.184. The number of carbonyl (C=O) groups excluding carboxylic acids is 1. The molecule has 3 aromatic carbocycles. The molecule has 0 amide bonds. The zero-order valence-electron chi connectivity index (χ0n) is 20.3. The van der Waals surface area contributed by atoms with Gasteiger partial charge in [-0.05, 0) is 63.2 Å². The number of ketones is 1. The molecule has 7 heteroatoms. The van der Waals surface area contributed by atoms with Gasteiger partial charge in [-0.25, -0.2) is 4.39 Å². The summed E-state index contributed by atoms with van der Waals surface area (Å²) in [4.78, 5) is 13.3. The summed E-state index contributed by atoms with van der Waals surface area (Å²) in [7, 11) is 0. The molecule has 5 rings (SSSR count). The highest BCUT2D eigenvalue weighted by atomic mass is 32.2. The van der Waals surface area contributed by atoms with Crippen molar-refractivity contribution in [3.63, 3.8) is 0 Å². The Bertz CT molecular complexity index is 1520. The Labute approximate surface area is 213 Å². The zero-order chi connectivity index (χ0) is 25.2. The topological polar surface area (TPSA) is 52.7 Å². The van der Waals surface area contributed by atoms with Crippen LogP contribution in [0.4, 0.5) is 4.39 Å². The van der Waals surface area contributed by atoms with Gasteiger partial charge in [0.15, 0.2) is 16.8 Å². The van der Waals surface area contributed by atoms with Gasteiger partial charge in [-0.3, -0.25) is 9.36 Å². The summed E-state index contributed by atoms with van der Waals surface area (Å²) < 4.78 is 17.6. The lowest BCUT2D eigenvalue weighted by molar-refractivity contribution is 0.102. The number of aryl methyl sites for hydroxylation is 2. The number of benzene rings is 3. The molecule has 0 aliphatic heterocycles. The number of carbonyl (C=O) groups is 1. The number of hydrogen-bond donors (Lipinski definition) is 0. The van der Waals surface area contributed by atoms with Gasteiger partial charge in [0.1, 0.15) is 5.82 Å². The van der Waals surface area contributed by atoms with Gasteiger partial charge in [0.05, 0.1) is 5.75 Å². The number of thioether (sulfide) groups is 1. The fraction of sp³-hybridized carbons (Fsp3) is 0.138. The Balaban J connectivity index is 1.44. The van der Waals surface area contributed by atoms with Crippen LogP contribution in [0.3, 0.4) is 0 Å². The van der Waals surface area contributed by atoms with E-state index < -0.39 is 0 Å². The van der Waals surface area contributed by atoms with Gasteiger partial charge >= 0.3 is 0 Å². The summed E-state index contributed by atoms with van der Waals surface area (Å²) >= 11 is 1.32. The molecule has 5 aromatic rings. The van der Waals surface area contributed by atoms with E-state index in [0.717, 1.165) is 28.3 Å². The molecule has 0 atom stereocenters. The molecule has 0 fully saturated rings. The smallest absolute Gasteiger partial charge is 0.196 e. The maximum atomic E-state index is 13.6. The second kappa shape index (κ2) is 9.95. The molecule has 0 N–H and O–H groups in total. The molecular weight excluding hydrogens is 471 g/mol. The van der Waals surface area contributed by atoms with Gasteiger partial charge in [-0.1, -0.05) is 59.8 Å². The summed E-state index contributed by atoms with van der Waals surface area (Å²) in [5.74, 6) is 0.532. The number of rotatable bonds is 7. The van der Waals surface area contributed by atoms with Crippen LogP contribution in [0.25, 0.3) is 22.8 Å². The SMILES string of the molecule is Cc1ccc(-n2c(C)cc(C(=O)CSc3nnc(-c4ccccc4)n3-c3ccc(F)cc3)c2C)cc1. The summed E-state index contributed by atoms with van der Waals surface area (Å²) in [6.07, 6.45) is 0. The predicted molar refractivity (Wildman–Crippen MR) is 142 cm³/mol. The molecule has 0 unspecified atom stereocenters. The van der Waals surface area contributed by atoms with E-state index in [1.165, 1.54) is 29.5 Å². The minimum atomic E-state index is -0.318. The number of Topliss-reactive ketones (excluding diaryl/α,β-unsaturated/α-hetero) is 1. The third-order valence-corrected chi connectivity index (χ3v) is 7.04. The summed E-state index contributed by atoms with van der Waals surface area (Å²) in [6.45, 7) is 6.03. The van der Waals surface area contributed by atoms with E-state index in [2.05, 4.69) is 46.0 Å². The average molecular weight is 497 g/mol. The number of hydrogen-bond acceptors (Lipinski definition) is 4. The first-order valence-corrected chi connectivity index (χ1v) is 12.6. The third-order valence-electron chi connectivity index (χ3n) is 6.11. The Morgan fingerprint density at radius 1 is 0.833 bits per heavy atom. The van der Waals surface area contributed by atoms with Crippen LogP contribution >= 0.6 is 11.8 Å². The van der Waals surface area contributed by atoms with Gasteiger partial charge in [-0.15, -0.1) is 10.2 Å². The second-order valence-electron chi connectivity index (χ2n) is 8.65. The third kappa shape index (κ3) is 4.62. The molecule has 0 saturated heterocycles. The highest BCUT2D eigenvalue weighted by molar-refractivity contribution is 7.99. The molecule has 0 saturated carbocycles. The molecule has 0 radical (unpaired) electrons. The van der Waals surface area contributed by atoms with Crippen LogP contribution in [0.5, 0.6) is 0 Å². The Morgan fingerprint density at radius 2 is 1.47 bits per heavy atom. The number of nitrogens with zero attached hydrogens (tertiary/aromatic N) is 4. The van der Waals surface area contributed by atoms with Crippen LogP contribution in [-0.2, 0) is 0 Å². The normalized spacial score (nSPS) is 11.1. The molecule has 2 aromatic heterocycles. The van der Waals surface area contributed by atoms with Crippen LogP contribution in [0, 0.1) is 26.6 Å². The van der Waals surface area contributed by atoms with Crippen LogP contribution < -0.4 is 0 Å². The minimum Gasteiger partial charge on any atom is -0.318 e. The molecule has 180 valence electrons. The second-order valence-corrected chi connectivity index (χ2v) is 9.59. The van der Waals surface area contributed by atoms with E-state index in [9.17, 15) is 9.18 Å². The molecule has 0 bridgehead atoms. The lowest BCUT2D eigenvalue weighted by Crippen LogP contribution is -2.07. The summed E-state index contributed by atoms with van der Waals surface area (Å²) in [5.41, 5.74) is 6.44. The largest absolute Gasteiger partial charge is 0.318 e. The first-order chi connectivity index (χ1) is 17.4. The van der Waals surface area contributed by atoms with E-state index in [1.807, 2.05) is 54.8 Å². The standard InChI is InChI=1S/C29H25FN4OS/c1-19-9-13-24(14-10-19)33-20(2)17-26(21(33)3)27(35)18-36-29-32-31-28(22-7-5-4-6-8-22)34(29)25-15-11-23(30)12-16-25/h4-17H,18H2,1-3H3. The lowest BCUT2D eigenvalue weighted by atomic mass is 10.2. The molecule has 36 heavy (non-hydrogen) atoms. The minimum absolute atomic E-state index is 0.0152. The molecule has 0 aliphatic rings. The van der Waals surface area contributed by atoms with Crippen LogP contribution in [0.15, 0.2) is 90.1 Å². The van der Waals surface area contributed by atoms with E-state index >= 15 is 0 Å². The summed E-state index contributed by atoms with van der Waals surface area (Å²) in [5, 5.41) is 9.35.